The second-order valence-corrected chi connectivity index (χ2v) is 8.75. The van der Waals surface area contributed by atoms with Crippen molar-refractivity contribution in [1.82, 2.24) is 29.7 Å². The number of aliphatic hydroxyl groups is 1. The summed E-state index contributed by atoms with van der Waals surface area (Å²) < 4.78 is 6.95. The molecular formula is C21H26ClN7O2. The number of ether oxygens (including phenoxy) is 1. The number of halogens is 1. The highest BCUT2D eigenvalue weighted by Gasteiger charge is 2.25. The molecule has 164 valence electrons. The van der Waals surface area contributed by atoms with Gasteiger partial charge in [-0.2, -0.15) is 14.8 Å². The summed E-state index contributed by atoms with van der Waals surface area (Å²) in [6, 6.07) is 3.96. The SMILES string of the molecule is CN1CCC(c2ccc3c(-c4nc(N[C@@H]5CCOC[C@H]5O)ncc4Cl)cnn3n2)CC1. The molecule has 0 saturated carbocycles. The first-order chi connectivity index (χ1) is 15.1. The van der Waals surface area contributed by atoms with Crippen LogP contribution in [0.2, 0.25) is 5.02 Å². The Balaban J connectivity index is 1.42. The third kappa shape index (κ3) is 4.23. The maximum absolute atomic E-state index is 10.1. The Hall–Kier alpha value is -2.33. The number of aromatic nitrogens is 5. The molecule has 3 aromatic rings. The Morgan fingerprint density at radius 3 is 2.84 bits per heavy atom. The van der Waals surface area contributed by atoms with E-state index >= 15 is 0 Å². The van der Waals surface area contributed by atoms with Gasteiger partial charge in [-0.3, -0.25) is 0 Å². The Labute approximate surface area is 185 Å². The van der Waals surface area contributed by atoms with Gasteiger partial charge in [-0.15, -0.1) is 0 Å². The van der Waals surface area contributed by atoms with Crippen LogP contribution in [-0.4, -0.2) is 80.3 Å². The van der Waals surface area contributed by atoms with E-state index in [1.54, 1.807) is 17.0 Å². The van der Waals surface area contributed by atoms with Gasteiger partial charge in [-0.1, -0.05) is 11.6 Å². The fourth-order valence-electron chi connectivity index (χ4n) is 4.28. The average molecular weight is 444 g/mol. The van der Waals surface area contributed by atoms with Crippen LogP contribution in [0.3, 0.4) is 0 Å². The maximum atomic E-state index is 10.1. The number of aliphatic hydroxyl groups excluding tert-OH is 1. The minimum absolute atomic E-state index is 0.162. The van der Waals surface area contributed by atoms with Gasteiger partial charge in [0.1, 0.15) is 0 Å². The van der Waals surface area contributed by atoms with Gasteiger partial charge in [0.15, 0.2) is 0 Å². The Morgan fingerprint density at radius 1 is 1.19 bits per heavy atom. The molecule has 0 radical (unpaired) electrons. The molecule has 5 rings (SSSR count). The van der Waals surface area contributed by atoms with Crippen LogP contribution in [0, 0.1) is 0 Å². The van der Waals surface area contributed by atoms with Gasteiger partial charge in [0.05, 0.1) is 53.1 Å². The van der Waals surface area contributed by atoms with Crippen molar-refractivity contribution in [3.8, 4) is 11.3 Å². The largest absolute Gasteiger partial charge is 0.389 e. The second kappa shape index (κ2) is 8.66. The molecule has 0 amide bonds. The highest BCUT2D eigenvalue weighted by atomic mass is 35.5. The zero-order chi connectivity index (χ0) is 21.4. The van der Waals surface area contributed by atoms with Crippen LogP contribution in [0.4, 0.5) is 5.95 Å². The lowest BCUT2D eigenvalue weighted by Crippen LogP contribution is -2.42. The number of hydrogen-bond donors (Lipinski definition) is 2. The molecule has 2 fully saturated rings. The first kappa shape index (κ1) is 20.6. The average Bonchev–Trinajstić information content (AvgIpc) is 3.20. The summed E-state index contributed by atoms with van der Waals surface area (Å²) >= 11 is 6.44. The number of anilines is 1. The highest BCUT2D eigenvalue weighted by molar-refractivity contribution is 6.33. The van der Waals surface area contributed by atoms with Crippen molar-refractivity contribution in [3.05, 3.63) is 35.2 Å². The summed E-state index contributed by atoms with van der Waals surface area (Å²) in [7, 11) is 2.16. The maximum Gasteiger partial charge on any atom is 0.223 e. The molecule has 2 N–H and O–H groups in total. The minimum Gasteiger partial charge on any atom is -0.389 e. The van der Waals surface area contributed by atoms with Crippen LogP contribution in [0.15, 0.2) is 24.5 Å². The topological polar surface area (TPSA) is 101 Å². The zero-order valence-electron chi connectivity index (χ0n) is 17.4. The molecule has 0 spiro atoms. The highest BCUT2D eigenvalue weighted by Crippen LogP contribution is 2.31. The van der Waals surface area contributed by atoms with Gasteiger partial charge in [0.2, 0.25) is 5.95 Å². The van der Waals surface area contributed by atoms with Crippen molar-refractivity contribution in [2.45, 2.75) is 37.3 Å². The van der Waals surface area contributed by atoms with E-state index in [0.717, 1.165) is 42.7 Å². The van der Waals surface area contributed by atoms with Crippen LogP contribution in [0.5, 0.6) is 0 Å². The van der Waals surface area contributed by atoms with Gasteiger partial charge in [-0.05, 0) is 51.5 Å². The number of hydrogen-bond acceptors (Lipinski definition) is 8. The first-order valence-electron chi connectivity index (χ1n) is 10.7. The fraction of sp³-hybridized carbons (Fsp3) is 0.524. The van der Waals surface area contributed by atoms with Gasteiger partial charge in [0.25, 0.3) is 0 Å². The number of rotatable bonds is 4. The molecule has 2 atom stereocenters. The normalized spacial score (nSPS) is 23.3. The molecular weight excluding hydrogens is 418 g/mol. The lowest BCUT2D eigenvalue weighted by Gasteiger charge is -2.28. The summed E-state index contributed by atoms with van der Waals surface area (Å²) in [6.07, 6.45) is 5.60. The molecule has 31 heavy (non-hydrogen) atoms. The third-order valence-electron chi connectivity index (χ3n) is 6.19. The Morgan fingerprint density at radius 2 is 2.03 bits per heavy atom. The minimum atomic E-state index is -0.601. The van der Waals surface area contributed by atoms with E-state index < -0.39 is 6.10 Å². The molecule has 2 aliphatic rings. The number of likely N-dealkylation sites (tertiary alicyclic amines) is 1. The molecule has 2 saturated heterocycles. The van der Waals surface area contributed by atoms with Gasteiger partial charge < -0.3 is 20.1 Å². The predicted octanol–water partition coefficient (Wildman–Crippen LogP) is 2.21. The van der Waals surface area contributed by atoms with Crippen molar-refractivity contribution in [1.29, 1.82) is 0 Å². The van der Waals surface area contributed by atoms with Crippen molar-refractivity contribution < 1.29 is 9.84 Å². The van der Waals surface area contributed by atoms with Crippen LogP contribution < -0.4 is 5.32 Å². The summed E-state index contributed by atoms with van der Waals surface area (Å²) in [4.78, 5) is 11.3. The van der Waals surface area contributed by atoms with Crippen molar-refractivity contribution in [2.24, 2.45) is 0 Å². The molecule has 0 aliphatic carbocycles. The van der Waals surface area contributed by atoms with Gasteiger partial charge >= 0.3 is 0 Å². The van der Waals surface area contributed by atoms with Crippen LogP contribution in [-0.2, 0) is 4.74 Å². The summed E-state index contributed by atoms with van der Waals surface area (Å²) in [5, 5.41) is 23.0. The molecule has 3 aromatic heterocycles. The smallest absolute Gasteiger partial charge is 0.223 e. The van der Waals surface area contributed by atoms with Crippen LogP contribution >= 0.6 is 11.6 Å². The van der Waals surface area contributed by atoms with Crippen LogP contribution in [0.25, 0.3) is 16.8 Å². The summed E-state index contributed by atoms with van der Waals surface area (Å²) in [5.41, 5.74) is 3.30. The lowest BCUT2D eigenvalue weighted by atomic mass is 9.93. The second-order valence-electron chi connectivity index (χ2n) is 8.34. The molecule has 9 nitrogen and oxygen atoms in total. The van der Waals surface area contributed by atoms with Crippen molar-refractivity contribution in [2.75, 3.05) is 38.7 Å². The molecule has 0 bridgehead atoms. The number of piperidine rings is 1. The standard InChI is InChI=1S/C21H26ClN7O2/c1-28-7-4-13(5-8-28)16-2-3-18-14(10-24-29(18)27-16)20-15(22)11-23-21(26-20)25-17-6-9-31-12-19(17)30/h2-3,10-11,13,17,19,30H,4-9,12H2,1H3,(H,23,25,26)/t17-,19-/m1/s1. The molecule has 5 heterocycles. The monoisotopic (exact) mass is 443 g/mol. The first-order valence-corrected chi connectivity index (χ1v) is 11.0. The molecule has 2 aliphatic heterocycles. The van der Waals surface area contributed by atoms with E-state index in [0.29, 0.717) is 42.2 Å². The lowest BCUT2D eigenvalue weighted by molar-refractivity contribution is -0.0136. The van der Waals surface area contributed by atoms with Crippen molar-refractivity contribution in [3.63, 3.8) is 0 Å². The van der Waals surface area contributed by atoms with E-state index in [-0.39, 0.29) is 6.04 Å². The number of nitrogens with zero attached hydrogens (tertiary/aromatic N) is 6. The fourth-order valence-corrected chi connectivity index (χ4v) is 4.47. The van der Waals surface area contributed by atoms with Crippen molar-refractivity contribution >= 4 is 23.1 Å². The third-order valence-corrected chi connectivity index (χ3v) is 6.46. The van der Waals surface area contributed by atoms with E-state index in [2.05, 4.69) is 38.4 Å². The van der Waals surface area contributed by atoms with Gasteiger partial charge in [0, 0.05) is 18.1 Å². The van der Waals surface area contributed by atoms with Gasteiger partial charge in [-0.25, -0.2) is 9.97 Å². The summed E-state index contributed by atoms with van der Waals surface area (Å²) in [5.74, 6) is 0.873. The van der Waals surface area contributed by atoms with E-state index in [1.165, 1.54) is 0 Å². The van der Waals surface area contributed by atoms with Crippen LogP contribution in [0.1, 0.15) is 30.9 Å². The quantitative estimate of drug-likeness (QED) is 0.633. The Bertz CT molecular complexity index is 1070. The van der Waals surface area contributed by atoms with E-state index in [1.807, 2.05) is 6.07 Å². The molecule has 0 aromatic carbocycles. The molecule has 0 unspecified atom stereocenters. The Kier molecular flexibility index (Phi) is 5.75. The van der Waals surface area contributed by atoms with E-state index in [4.69, 9.17) is 21.4 Å². The van der Waals surface area contributed by atoms with E-state index in [9.17, 15) is 5.11 Å². The zero-order valence-corrected chi connectivity index (χ0v) is 18.2. The summed E-state index contributed by atoms with van der Waals surface area (Å²) in [6.45, 7) is 3.07. The number of fused-ring (bicyclic) bond motifs is 1. The molecule has 10 heteroatoms. The predicted molar refractivity (Wildman–Crippen MR) is 117 cm³/mol. The number of nitrogens with one attached hydrogen (secondary N) is 1.